The molecule has 0 saturated carbocycles. The summed E-state index contributed by atoms with van der Waals surface area (Å²) in [5.74, 6) is -0.779. The van der Waals surface area contributed by atoms with E-state index < -0.39 is 5.91 Å². The number of nitrogens with one attached hydrogen (secondary N) is 1. The summed E-state index contributed by atoms with van der Waals surface area (Å²) in [5, 5.41) is 2.71. The number of amides is 2. The third-order valence-corrected chi connectivity index (χ3v) is 4.70. The van der Waals surface area contributed by atoms with Gasteiger partial charge in [-0.1, -0.05) is 104 Å². The molecule has 0 aliphatic carbocycles. The molecule has 0 heterocycles. The van der Waals surface area contributed by atoms with E-state index in [1.54, 1.807) is 0 Å². The van der Waals surface area contributed by atoms with Gasteiger partial charge in [0.05, 0.1) is 0 Å². The van der Waals surface area contributed by atoms with Gasteiger partial charge in [-0.15, -0.1) is 0 Å². The van der Waals surface area contributed by atoms with Crippen LogP contribution >= 0.6 is 0 Å². The smallest absolute Gasteiger partial charge is 0.244 e. The van der Waals surface area contributed by atoms with Gasteiger partial charge >= 0.3 is 0 Å². The Bertz CT molecular complexity index is 971. The topological polar surface area (TPSA) is 72.2 Å². The van der Waals surface area contributed by atoms with Crippen molar-refractivity contribution in [3.63, 3.8) is 0 Å². The molecule has 0 spiro atoms. The number of hydrogen-bond donors (Lipinski definition) is 2. The Morgan fingerprint density at radius 3 is 1.81 bits per heavy atom. The number of benzene rings is 3. The Kier molecular flexibility index (Phi) is 8.99. The van der Waals surface area contributed by atoms with Gasteiger partial charge in [0.15, 0.2) is 0 Å². The van der Waals surface area contributed by atoms with E-state index in [-0.39, 0.29) is 11.8 Å². The molecule has 0 aliphatic heterocycles. The lowest BCUT2D eigenvalue weighted by atomic mass is 9.85. The number of carbonyl (C=O) groups excluding carboxylic acids is 2. The van der Waals surface area contributed by atoms with E-state index in [0.29, 0.717) is 12.1 Å². The number of nitrogens with two attached hydrogens (primary N) is 1. The summed E-state index contributed by atoms with van der Waals surface area (Å²) in [6, 6.07) is 27.6. The van der Waals surface area contributed by atoms with Crippen molar-refractivity contribution in [3.8, 4) is 0 Å². The lowest BCUT2D eigenvalue weighted by Gasteiger charge is -2.18. The van der Waals surface area contributed by atoms with Gasteiger partial charge in [-0.3, -0.25) is 9.59 Å². The van der Waals surface area contributed by atoms with Crippen molar-refractivity contribution < 1.29 is 9.59 Å². The fourth-order valence-corrected chi connectivity index (χ4v) is 3.00. The minimum Gasteiger partial charge on any atom is -0.366 e. The van der Waals surface area contributed by atoms with Gasteiger partial charge in [0.2, 0.25) is 11.8 Å². The molecule has 4 nitrogen and oxygen atoms in total. The van der Waals surface area contributed by atoms with Crippen molar-refractivity contribution in [2.45, 2.75) is 19.4 Å². The zero-order valence-electron chi connectivity index (χ0n) is 17.8. The molecular formula is C27H28N2O2. The zero-order chi connectivity index (χ0) is 22.6. The van der Waals surface area contributed by atoms with Crippen LogP contribution in [0, 0.1) is 6.92 Å². The van der Waals surface area contributed by atoms with Crippen LogP contribution in [0.4, 0.5) is 0 Å². The molecule has 3 N–H and O–H groups in total. The molecular weight excluding hydrogens is 384 g/mol. The fraction of sp³-hybridized carbons (Fsp3) is 0.111. The van der Waals surface area contributed by atoms with Crippen molar-refractivity contribution in [1.82, 2.24) is 5.32 Å². The standard InChI is InChI=1S/C16H15NO.C11H13NO/c1-12(16(17)18)15(13-8-4-2-5-9-13)14-10-6-3-7-11-14;1-3-11(13)12-8-10-6-4-9(2)5-7-10/h2-11,15H,1H2,(H2,17,18);3-7H,1,8H2,2H3,(H,12,13). The maximum atomic E-state index is 11.4. The predicted octanol–water partition coefficient (Wildman–Crippen LogP) is 4.66. The normalized spacial score (nSPS) is 9.87. The average molecular weight is 413 g/mol. The molecule has 3 aromatic carbocycles. The van der Waals surface area contributed by atoms with E-state index >= 15 is 0 Å². The molecule has 3 aromatic rings. The van der Waals surface area contributed by atoms with E-state index in [1.807, 2.05) is 91.9 Å². The highest BCUT2D eigenvalue weighted by atomic mass is 16.1. The van der Waals surface area contributed by atoms with Gasteiger partial charge in [0.1, 0.15) is 0 Å². The molecule has 0 fully saturated rings. The largest absolute Gasteiger partial charge is 0.366 e. The first-order valence-electron chi connectivity index (χ1n) is 9.96. The Hall–Kier alpha value is -3.92. The molecule has 0 aliphatic rings. The molecule has 31 heavy (non-hydrogen) atoms. The summed E-state index contributed by atoms with van der Waals surface area (Å²) in [7, 11) is 0. The third-order valence-electron chi connectivity index (χ3n) is 4.70. The Morgan fingerprint density at radius 1 is 0.903 bits per heavy atom. The zero-order valence-corrected chi connectivity index (χ0v) is 17.8. The summed E-state index contributed by atoms with van der Waals surface area (Å²) < 4.78 is 0. The average Bonchev–Trinajstić information content (AvgIpc) is 2.80. The molecule has 0 atom stereocenters. The number of rotatable bonds is 7. The Balaban J connectivity index is 0.000000233. The van der Waals surface area contributed by atoms with Crippen LogP contribution < -0.4 is 11.1 Å². The summed E-state index contributed by atoms with van der Waals surface area (Å²) in [6.07, 6.45) is 1.27. The van der Waals surface area contributed by atoms with E-state index in [2.05, 4.69) is 18.5 Å². The van der Waals surface area contributed by atoms with Crippen LogP contribution in [0.1, 0.15) is 28.2 Å². The van der Waals surface area contributed by atoms with Gasteiger partial charge in [0, 0.05) is 18.0 Å². The summed E-state index contributed by atoms with van der Waals surface area (Å²) in [4.78, 5) is 22.2. The van der Waals surface area contributed by atoms with Gasteiger partial charge in [-0.25, -0.2) is 0 Å². The second-order valence-electron chi connectivity index (χ2n) is 7.05. The van der Waals surface area contributed by atoms with Crippen molar-refractivity contribution in [2.24, 2.45) is 5.73 Å². The minimum absolute atomic E-state index is 0.138. The lowest BCUT2D eigenvalue weighted by Crippen LogP contribution is -2.19. The van der Waals surface area contributed by atoms with Crippen LogP contribution in [0.25, 0.3) is 0 Å². The van der Waals surface area contributed by atoms with E-state index in [1.165, 1.54) is 11.6 Å². The Labute approximate surface area is 184 Å². The van der Waals surface area contributed by atoms with Crippen LogP contribution in [0.15, 0.2) is 110 Å². The van der Waals surface area contributed by atoms with Crippen molar-refractivity contribution in [2.75, 3.05) is 0 Å². The predicted molar refractivity (Wildman–Crippen MR) is 126 cm³/mol. The first-order valence-corrected chi connectivity index (χ1v) is 9.96. The first kappa shape index (κ1) is 23.4. The van der Waals surface area contributed by atoms with Crippen molar-refractivity contribution in [3.05, 3.63) is 132 Å². The van der Waals surface area contributed by atoms with Gasteiger partial charge in [-0.05, 0) is 29.7 Å². The highest BCUT2D eigenvalue weighted by Crippen LogP contribution is 2.30. The Morgan fingerprint density at radius 2 is 1.39 bits per heavy atom. The number of primary amides is 1. The molecule has 0 aromatic heterocycles. The molecule has 3 rings (SSSR count). The SMILES string of the molecule is C=C(C(N)=O)C(c1ccccc1)c1ccccc1.C=CC(=O)NCc1ccc(C)cc1. The van der Waals surface area contributed by atoms with Gasteiger partial charge < -0.3 is 11.1 Å². The number of aryl methyl sites for hydroxylation is 1. The van der Waals surface area contributed by atoms with Gasteiger partial charge in [-0.2, -0.15) is 0 Å². The molecule has 0 bridgehead atoms. The fourth-order valence-electron chi connectivity index (χ4n) is 3.00. The van der Waals surface area contributed by atoms with Crippen LogP contribution in [0.5, 0.6) is 0 Å². The summed E-state index contributed by atoms with van der Waals surface area (Å²) >= 11 is 0. The van der Waals surface area contributed by atoms with E-state index in [4.69, 9.17) is 5.73 Å². The van der Waals surface area contributed by atoms with Crippen LogP contribution in [0.3, 0.4) is 0 Å². The third kappa shape index (κ3) is 7.44. The van der Waals surface area contributed by atoms with Gasteiger partial charge in [0.25, 0.3) is 0 Å². The van der Waals surface area contributed by atoms with E-state index in [9.17, 15) is 9.59 Å². The summed E-state index contributed by atoms with van der Waals surface area (Å²) in [6.45, 7) is 9.80. The maximum Gasteiger partial charge on any atom is 0.244 e. The number of carbonyl (C=O) groups is 2. The van der Waals surface area contributed by atoms with Crippen LogP contribution in [-0.2, 0) is 16.1 Å². The second kappa shape index (κ2) is 11.9. The quantitative estimate of drug-likeness (QED) is 0.554. The molecule has 158 valence electrons. The van der Waals surface area contributed by atoms with Crippen molar-refractivity contribution >= 4 is 11.8 Å². The minimum atomic E-state index is -0.465. The highest BCUT2D eigenvalue weighted by molar-refractivity contribution is 5.93. The highest BCUT2D eigenvalue weighted by Gasteiger charge is 2.20. The lowest BCUT2D eigenvalue weighted by molar-refractivity contribution is -0.116. The molecule has 0 radical (unpaired) electrons. The number of hydrogen-bond acceptors (Lipinski definition) is 2. The molecule has 4 heteroatoms. The monoisotopic (exact) mass is 412 g/mol. The van der Waals surface area contributed by atoms with Crippen LogP contribution in [0.2, 0.25) is 0 Å². The first-order chi connectivity index (χ1) is 14.9. The second-order valence-corrected chi connectivity index (χ2v) is 7.05. The molecule has 0 unspecified atom stereocenters. The molecule has 2 amide bonds. The van der Waals surface area contributed by atoms with Crippen molar-refractivity contribution in [1.29, 1.82) is 0 Å². The summed E-state index contributed by atoms with van der Waals surface area (Å²) in [5.41, 5.74) is 10.1. The van der Waals surface area contributed by atoms with Crippen LogP contribution in [-0.4, -0.2) is 11.8 Å². The van der Waals surface area contributed by atoms with E-state index in [0.717, 1.165) is 16.7 Å². The maximum absolute atomic E-state index is 11.4. The molecule has 0 saturated heterocycles.